The van der Waals surface area contributed by atoms with Crippen molar-refractivity contribution in [2.45, 2.75) is 13.5 Å². The van der Waals surface area contributed by atoms with Crippen LogP contribution in [0.5, 0.6) is 17.2 Å². The van der Waals surface area contributed by atoms with E-state index in [-0.39, 0.29) is 5.75 Å². The first kappa shape index (κ1) is 13.8. The monoisotopic (exact) mass is 269 g/mol. The average molecular weight is 269 g/mol. The van der Waals surface area contributed by atoms with E-state index in [1.54, 1.807) is 37.3 Å². The molecule has 0 aliphatic carbocycles. The standard InChI is InChI=1S/C16H15NO3/c1-11-14(18)4-3-5-15(11)20-10-12-6-7-16(19-2)13(8-12)9-17/h3-8,18H,10H2,1-2H3. The number of methoxy groups -OCH3 is 1. The zero-order valence-corrected chi connectivity index (χ0v) is 11.4. The van der Waals surface area contributed by atoms with Gasteiger partial charge in [0, 0.05) is 5.56 Å². The molecule has 0 heterocycles. The highest BCUT2D eigenvalue weighted by Gasteiger charge is 2.06. The molecule has 0 radical (unpaired) electrons. The van der Waals surface area contributed by atoms with Crippen LogP contribution in [-0.2, 0) is 6.61 Å². The smallest absolute Gasteiger partial charge is 0.136 e. The van der Waals surface area contributed by atoms with Gasteiger partial charge in [-0.2, -0.15) is 5.26 Å². The van der Waals surface area contributed by atoms with Crippen LogP contribution in [0, 0.1) is 18.3 Å². The number of phenols is 1. The predicted octanol–water partition coefficient (Wildman–Crippen LogP) is 3.16. The van der Waals surface area contributed by atoms with Gasteiger partial charge in [-0.05, 0) is 36.8 Å². The minimum absolute atomic E-state index is 0.204. The highest BCUT2D eigenvalue weighted by Crippen LogP contribution is 2.27. The van der Waals surface area contributed by atoms with Gasteiger partial charge in [0.15, 0.2) is 0 Å². The molecule has 1 N–H and O–H groups in total. The van der Waals surface area contributed by atoms with Gasteiger partial charge in [-0.15, -0.1) is 0 Å². The summed E-state index contributed by atoms with van der Waals surface area (Å²) in [7, 11) is 1.53. The fourth-order valence-corrected chi connectivity index (χ4v) is 1.85. The molecule has 0 saturated carbocycles. The Morgan fingerprint density at radius 2 is 2.00 bits per heavy atom. The quantitative estimate of drug-likeness (QED) is 0.926. The molecule has 4 nitrogen and oxygen atoms in total. The van der Waals surface area contributed by atoms with E-state index in [0.717, 1.165) is 5.56 Å². The predicted molar refractivity (Wildman–Crippen MR) is 74.9 cm³/mol. The molecule has 0 aliphatic heterocycles. The lowest BCUT2D eigenvalue weighted by atomic mass is 10.1. The fraction of sp³-hybridized carbons (Fsp3) is 0.188. The third kappa shape index (κ3) is 2.83. The Morgan fingerprint density at radius 1 is 1.20 bits per heavy atom. The van der Waals surface area contributed by atoms with Crippen molar-refractivity contribution in [3.8, 4) is 23.3 Å². The SMILES string of the molecule is COc1ccc(COc2cccc(O)c2C)cc1C#N. The number of hydrogen-bond donors (Lipinski definition) is 1. The van der Waals surface area contributed by atoms with Crippen molar-refractivity contribution in [2.75, 3.05) is 7.11 Å². The van der Waals surface area contributed by atoms with Gasteiger partial charge in [0.2, 0.25) is 0 Å². The minimum Gasteiger partial charge on any atom is -0.508 e. The van der Waals surface area contributed by atoms with Crippen molar-refractivity contribution in [1.29, 1.82) is 5.26 Å². The molecule has 2 aromatic rings. The number of benzene rings is 2. The first-order chi connectivity index (χ1) is 9.65. The summed E-state index contributed by atoms with van der Waals surface area (Å²) >= 11 is 0. The third-order valence-corrected chi connectivity index (χ3v) is 3.03. The van der Waals surface area contributed by atoms with Crippen LogP contribution in [-0.4, -0.2) is 12.2 Å². The molecule has 2 rings (SSSR count). The second-order valence-electron chi connectivity index (χ2n) is 4.34. The van der Waals surface area contributed by atoms with Crippen molar-refractivity contribution in [3.63, 3.8) is 0 Å². The normalized spacial score (nSPS) is 9.85. The summed E-state index contributed by atoms with van der Waals surface area (Å²) in [5.41, 5.74) is 2.04. The number of ether oxygens (including phenoxy) is 2. The van der Waals surface area contributed by atoms with Gasteiger partial charge in [-0.25, -0.2) is 0 Å². The summed E-state index contributed by atoms with van der Waals surface area (Å²) < 4.78 is 10.8. The Morgan fingerprint density at radius 3 is 2.70 bits per heavy atom. The number of aromatic hydroxyl groups is 1. The van der Waals surface area contributed by atoms with Crippen LogP contribution in [0.2, 0.25) is 0 Å². The zero-order chi connectivity index (χ0) is 14.5. The van der Waals surface area contributed by atoms with E-state index < -0.39 is 0 Å². The molecule has 0 aromatic heterocycles. The Bertz CT molecular complexity index is 659. The van der Waals surface area contributed by atoms with E-state index >= 15 is 0 Å². The molecule has 102 valence electrons. The fourth-order valence-electron chi connectivity index (χ4n) is 1.85. The van der Waals surface area contributed by atoms with Crippen LogP contribution in [0.3, 0.4) is 0 Å². The highest BCUT2D eigenvalue weighted by atomic mass is 16.5. The zero-order valence-electron chi connectivity index (χ0n) is 11.4. The molecule has 0 unspecified atom stereocenters. The van der Waals surface area contributed by atoms with Gasteiger partial charge in [0.1, 0.15) is 29.9 Å². The van der Waals surface area contributed by atoms with E-state index in [9.17, 15) is 5.11 Å². The summed E-state index contributed by atoms with van der Waals surface area (Å²) in [4.78, 5) is 0. The molecule has 0 atom stereocenters. The molecule has 0 amide bonds. The molecule has 4 heteroatoms. The summed E-state index contributed by atoms with van der Waals surface area (Å²) in [5, 5.41) is 18.6. The van der Waals surface area contributed by atoms with Gasteiger partial charge in [-0.1, -0.05) is 12.1 Å². The van der Waals surface area contributed by atoms with E-state index in [1.165, 1.54) is 7.11 Å². The summed E-state index contributed by atoms with van der Waals surface area (Å²) in [6, 6.07) is 12.5. The molecule has 0 fully saturated rings. The number of nitrogens with zero attached hydrogens (tertiary/aromatic N) is 1. The minimum atomic E-state index is 0.204. The topological polar surface area (TPSA) is 62.5 Å². The van der Waals surface area contributed by atoms with E-state index in [1.807, 2.05) is 6.07 Å². The first-order valence-electron chi connectivity index (χ1n) is 6.14. The maximum Gasteiger partial charge on any atom is 0.136 e. The summed E-state index contributed by atoms with van der Waals surface area (Å²) in [5.74, 6) is 1.37. The molecule has 0 bridgehead atoms. The Labute approximate surface area is 117 Å². The number of rotatable bonds is 4. The average Bonchev–Trinajstić information content (AvgIpc) is 2.48. The molecular formula is C16H15NO3. The van der Waals surface area contributed by atoms with Crippen LogP contribution in [0.4, 0.5) is 0 Å². The van der Waals surface area contributed by atoms with Crippen molar-refractivity contribution in [1.82, 2.24) is 0 Å². The van der Waals surface area contributed by atoms with Crippen LogP contribution >= 0.6 is 0 Å². The molecule has 0 spiro atoms. The molecule has 0 saturated heterocycles. The van der Waals surface area contributed by atoms with Gasteiger partial charge < -0.3 is 14.6 Å². The van der Waals surface area contributed by atoms with E-state index in [2.05, 4.69) is 6.07 Å². The number of phenolic OH excluding ortho intramolecular Hbond substituents is 1. The number of hydrogen-bond acceptors (Lipinski definition) is 4. The first-order valence-corrected chi connectivity index (χ1v) is 6.14. The lowest BCUT2D eigenvalue weighted by Crippen LogP contribution is -1.98. The highest BCUT2D eigenvalue weighted by molar-refractivity contribution is 5.46. The van der Waals surface area contributed by atoms with Crippen LogP contribution in [0.1, 0.15) is 16.7 Å². The van der Waals surface area contributed by atoms with Crippen LogP contribution in [0.15, 0.2) is 36.4 Å². The van der Waals surface area contributed by atoms with Crippen molar-refractivity contribution in [2.24, 2.45) is 0 Å². The second-order valence-corrected chi connectivity index (χ2v) is 4.34. The van der Waals surface area contributed by atoms with Gasteiger partial charge in [-0.3, -0.25) is 0 Å². The largest absolute Gasteiger partial charge is 0.508 e. The Kier molecular flexibility index (Phi) is 4.11. The third-order valence-electron chi connectivity index (χ3n) is 3.03. The maximum atomic E-state index is 9.61. The molecular weight excluding hydrogens is 254 g/mol. The van der Waals surface area contributed by atoms with E-state index in [0.29, 0.717) is 29.2 Å². The van der Waals surface area contributed by atoms with Crippen molar-refractivity contribution >= 4 is 0 Å². The van der Waals surface area contributed by atoms with E-state index in [4.69, 9.17) is 14.7 Å². The second kappa shape index (κ2) is 5.98. The maximum absolute atomic E-state index is 9.61. The molecule has 2 aromatic carbocycles. The Balaban J connectivity index is 2.15. The Hall–Kier alpha value is -2.67. The van der Waals surface area contributed by atoms with Crippen LogP contribution < -0.4 is 9.47 Å². The van der Waals surface area contributed by atoms with Gasteiger partial charge >= 0.3 is 0 Å². The summed E-state index contributed by atoms with van der Waals surface area (Å²) in [6.07, 6.45) is 0. The van der Waals surface area contributed by atoms with Crippen LogP contribution in [0.25, 0.3) is 0 Å². The van der Waals surface area contributed by atoms with Crippen molar-refractivity contribution < 1.29 is 14.6 Å². The van der Waals surface area contributed by atoms with Gasteiger partial charge in [0.25, 0.3) is 0 Å². The van der Waals surface area contributed by atoms with Gasteiger partial charge in [0.05, 0.1) is 12.7 Å². The lowest BCUT2D eigenvalue weighted by Gasteiger charge is -2.11. The number of nitriles is 1. The van der Waals surface area contributed by atoms with Crippen molar-refractivity contribution in [3.05, 3.63) is 53.1 Å². The molecule has 0 aliphatic rings. The lowest BCUT2D eigenvalue weighted by molar-refractivity contribution is 0.301. The molecule has 20 heavy (non-hydrogen) atoms. The summed E-state index contributed by atoms with van der Waals surface area (Å²) in [6.45, 7) is 2.11.